The normalized spacial score (nSPS) is 12.6. The molecule has 0 heterocycles. The van der Waals surface area contributed by atoms with Gasteiger partial charge < -0.3 is 10.5 Å². The smallest absolute Gasteiger partial charge is 0.416 e. The SMILES string of the molecule is CC(C)(C)CCOc1ccc(C(F)(F)F)c(CN)c1. The third-order valence-corrected chi connectivity index (χ3v) is 2.72. The lowest BCUT2D eigenvalue weighted by molar-refractivity contribution is -0.138. The molecule has 1 aromatic rings. The minimum atomic E-state index is -4.38. The molecule has 0 fully saturated rings. The van der Waals surface area contributed by atoms with E-state index in [0.717, 1.165) is 12.5 Å². The summed E-state index contributed by atoms with van der Waals surface area (Å²) in [5.41, 5.74) is 4.85. The van der Waals surface area contributed by atoms with Crippen molar-refractivity contribution in [2.24, 2.45) is 11.1 Å². The molecule has 0 unspecified atom stereocenters. The number of halogens is 3. The molecule has 108 valence electrons. The van der Waals surface area contributed by atoms with Crippen LogP contribution in [0.1, 0.15) is 38.3 Å². The third kappa shape index (κ3) is 5.11. The molecule has 0 spiro atoms. The summed E-state index contributed by atoms with van der Waals surface area (Å²) in [5.74, 6) is 0.428. The summed E-state index contributed by atoms with van der Waals surface area (Å²) in [7, 11) is 0. The molecule has 0 aromatic heterocycles. The van der Waals surface area contributed by atoms with E-state index in [9.17, 15) is 13.2 Å². The molecule has 0 aliphatic rings. The number of nitrogens with two attached hydrogens (primary N) is 1. The standard InChI is InChI=1S/C14H20F3NO/c1-13(2,3)6-7-19-11-4-5-12(14(15,16)17)10(8-11)9-18/h4-5,8H,6-7,9,18H2,1-3H3. The Kier molecular flexibility index (Phi) is 4.85. The van der Waals surface area contributed by atoms with Crippen molar-refractivity contribution in [3.05, 3.63) is 29.3 Å². The fourth-order valence-electron chi connectivity index (χ4n) is 1.58. The molecule has 0 saturated heterocycles. The molecular weight excluding hydrogens is 255 g/mol. The van der Waals surface area contributed by atoms with Crippen LogP contribution in [-0.2, 0) is 12.7 Å². The summed E-state index contributed by atoms with van der Waals surface area (Å²) in [6.45, 7) is 6.54. The minimum absolute atomic E-state index is 0.0563. The average molecular weight is 275 g/mol. The Bertz CT molecular complexity index is 422. The lowest BCUT2D eigenvalue weighted by Crippen LogP contribution is -2.13. The highest BCUT2D eigenvalue weighted by Gasteiger charge is 2.33. The average Bonchev–Trinajstić information content (AvgIpc) is 2.25. The van der Waals surface area contributed by atoms with E-state index in [2.05, 4.69) is 20.8 Å². The van der Waals surface area contributed by atoms with Crippen molar-refractivity contribution in [3.63, 3.8) is 0 Å². The number of hydrogen-bond donors (Lipinski definition) is 1. The van der Waals surface area contributed by atoms with E-state index in [4.69, 9.17) is 10.5 Å². The second kappa shape index (κ2) is 5.82. The molecule has 0 radical (unpaired) electrons. The highest BCUT2D eigenvalue weighted by molar-refractivity contribution is 5.37. The largest absolute Gasteiger partial charge is 0.494 e. The Morgan fingerprint density at radius 1 is 1.16 bits per heavy atom. The van der Waals surface area contributed by atoms with Gasteiger partial charge in [-0.2, -0.15) is 13.2 Å². The second-order valence-corrected chi connectivity index (χ2v) is 5.68. The predicted octanol–water partition coefficient (Wildman–Crippen LogP) is 3.98. The van der Waals surface area contributed by atoms with Gasteiger partial charge in [0.05, 0.1) is 12.2 Å². The number of hydrogen-bond acceptors (Lipinski definition) is 2. The Morgan fingerprint density at radius 3 is 2.26 bits per heavy atom. The molecule has 1 aromatic carbocycles. The monoisotopic (exact) mass is 275 g/mol. The van der Waals surface area contributed by atoms with Gasteiger partial charge in [-0.3, -0.25) is 0 Å². The van der Waals surface area contributed by atoms with Gasteiger partial charge in [-0.1, -0.05) is 20.8 Å². The van der Waals surface area contributed by atoms with Gasteiger partial charge in [0.2, 0.25) is 0 Å². The van der Waals surface area contributed by atoms with E-state index in [-0.39, 0.29) is 17.5 Å². The highest BCUT2D eigenvalue weighted by Crippen LogP contribution is 2.33. The van der Waals surface area contributed by atoms with Crippen LogP contribution >= 0.6 is 0 Å². The Hall–Kier alpha value is -1.23. The zero-order valence-corrected chi connectivity index (χ0v) is 11.5. The number of ether oxygens (including phenoxy) is 1. The zero-order valence-electron chi connectivity index (χ0n) is 11.5. The van der Waals surface area contributed by atoms with Gasteiger partial charge in [0.25, 0.3) is 0 Å². The van der Waals surface area contributed by atoms with E-state index >= 15 is 0 Å². The van der Waals surface area contributed by atoms with E-state index in [1.165, 1.54) is 12.1 Å². The molecule has 2 nitrogen and oxygen atoms in total. The minimum Gasteiger partial charge on any atom is -0.494 e. The quantitative estimate of drug-likeness (QED) is 0.902. The van der Waals surface area contributed by atoms with Gasteiger partial charge in [-0.25, -0.2) is 0 Å². The fourth-order valence-corrected chi connectivity index (χ4v) is 1.58. The third-order valence-electron chi connectivity index (χ3n) is 2.72. The molecule has 0 bridgehead atoms. The van der Waals surface area contributed by atoms with Crippen molar-refractivity contribution < 1.29 is 17.9 Å². The molecular formula is C14H20F3NO. The molecule has 0 saturated carbocycles. The van der Waals surface area contributed by atoms with Crippen LogP contribution in [0.4, 0.5) is 13.2 Å². The topological polar surface area (TPSA) is 35.2 Å². The van der Waals surface area contributed by atoms with Crippen LogP contribution in [0.5, 0.6) is 5.75 Å². The first-order valence-corrected chi connectivity index (χ1v) is 6.16. The molecule has 0 atom stereocenters. The molecule has 0 aliphatic carbocycles. The summed E-state index contributed by atoms with van der Waals surface area (Å²) >= 11 is 0. The number of alkyl halides is 3. The van der Waals surface area contributed by atoms with Crippen LogP contribution in [0, 0.1) is 5.41 Å². The van der Waals surface area contributed by atoms with Crippen molar-refractivity contribution in [1.82, 2.24) is 0 Å². The molecule has 2 N–H and O–H groups in total. The van der Waals surface area contributed by atoms with Gasteiger partial charge in [0, 0.05) is 6.54 Å². The van der Waals surface area contributed by atoms with Crippen molar-refractivity contribution >= 4 is 0 Å². The van der Waals surface area contributed by atoms with Crippen LogP contribution in [0.25, 0.3) is 0 Å². The van der Waals surface area contributed by atoms with Gasteiger partial charge in [0.15, 0.2) is 0 Å². The lowest BCUT2D eigenvalue weighted by atomic mass is 9.93. The van der Waals surface area contributed by atoms with Gasteiger partial charge in [-0.05, 0) is 35.6 Å². The van der Waals surface area contributed by atoms with E-state index in [1.807, 2.05) is 0 Å². The van der Waals surface area contributed by atoms with Gasteiger partial charge in [-0.15, -0.1) is 0 Å². The van der Waals surface area contributed by atoms with Crippen LogP contribution in [0.15, 0.2) is 18.2 Å². The van der Waals surface area contributed by atoms with Crippen molar-refractivity contribution in [2.75, 3.05) is 6.61 Å². The number of rotatable bonds is 4. The predicted molar refractivity (Wildman–Crippen MR) is 68.9 cm³/mol. The molecule has 1 rings (SSSR count). The first-order chi connectivity index (χ1) is 8.63. The Morgan fingerprint density at radius 2 is 1.79 bits per heavy atom. The van der Waals surface area contributed by atoms with Gasteiger partial charge in [0.1, 0.15) is 5.75 Å². The first kappa shape index (κ1) is 15.8. The van der Waals surface area contributed by atoms with Crippen LogP contribution in [-0.4, -0.2) is 6.61 Å². The van der Waals surface area contributed by atoms with E-state index in [1.54, 1.807) is 0 Å². The van der Waals surface area contributed by atoms with Gasteiger partial charge >= 0.3 is 6.18 Å². The summed E-state index contributed by atoms with van der Waals surface area (Å²) in [6.07, 6.45) is -3.55. The maximum absolute atomic E-state index is 12.7. The molecule has 19 heavy (non-hydrogen) atoms. The van der Waals surface area contributed by atoms with E-state index in [0.29, 0.717) is 12.4 Å². The Labute approximate surface area is 111 Å². The maximum Gasteiger partial charge on any atom is 0.416 e. The second-order valence-electron chi connectivity index (χ2n) is 5.68. The molecule has 0 amide bonds. The summed E-state index contributed by atoms with van der Waals surface area (Å²) in [6, 6.07) is 3.73. The fraction of sp³-hybridized carbons (Fsp3) is 0.571. The molecule has 0 aliphatic heterocycles. The van der Waals surface area contributed by atoms with Crippen LogP contribution < -0.4 is 10.5 Å². The van der Waals surface area contributed by atoms with Crippen molar-refractivity contribution in [2.45, 2.75) is 39.9 Å². The zero-order chi connectivity index (χ0) is 14.7. The van der Waals surface area contributed by atoms with Crippen LogP contribution in [0.2, 0.25) is 0 Å². The summed E-state index contributed by atoms with van der Waals surface area (Å²) in [5, 5.41) is 0. The highest BCUT2D eigenvalue weighted by atomic mass is 19.4. The summed E-state index contributed by atoms with van der Waals surface area (Å²) < 4.78 is 43.5. The maximum atomic E-state index is 12.7. The summed E-state index contributed by atoms with van der Waals surface area (Å²) in [4.78, 5) is 0. The number of benzene rings is 1. The first-order valence-electron chi connectivity index (χ1n) is 6.16. The van der Waals surface area contributed by atoms with Crippen LogP contribution in [0.3, 0.4) is 0 Å². The molecule has 5 heteroatoms. The van der Waals surface area contributed by atoms with Crippen molar-refractivity contribution in [1.29, 1.82) is 0 Å². The Balaban J connectivity index is 2.78. The van der Waals surface area contributed by atoms with E-state index < -0.39 is 11.7 Å². The lowest BCUT2D eigenvalue weighted by Gasteiger charge is -2.19. The van der Waals surface area contributed by atoms with Crippen molar-refractivity contribution in [3.8, 4) is 5.75 Å².